The lowest BCUT2D eigenvalue weighted by Crippen LogP contribution is -2.21. The number of aromatic amines is 1. The number of nitrogens with zero attached hydrogens (tertiary/aromatic N) is 1. The Kier molecular flexibility index (Phi) is 5.49. The normalized spacial score (nSPS) is 10.9. The molecule has 0 aliphatic rings. The molecule has 3 heteroatoms. The number of nitrogens with one attached hydrogen (secondary N) is 1. The molecule has 27 heavy (non-hydrogen) atoms. The number of hydrogen-bond acceptors (Lipinski definition) is 1. The number of H-pyrrole nitrogens is 1. The highest BCUT2D eigenvalue weighted by atomic mass is 14.9. The minimum Gasteiger partial charge on any atom is -0.354 e. The minimum atomic E-state index is 0.384. The van der Waals surface area contributed by atoms with Gasteiger partial charge in [-0.15, -0.1) is 0 Å². The highest BCUT2D eigenvalue weighted by Crippen LogP contribution is 2.27. The van der Waals surface area contributed by atoms with Crippen LogP contribution in [0.1, 0.15) is 28.3 Å². The van der Waals surface area contributed by atoms with Crippen molar-refractivity contribution in [3.63, 3.8) is 0 Å². The predicted molar refractivity (Wildman–Crippen MR) is 114 cm³/mol. The number of aromatic nitrogens is 2. The van der Waals surface area contributed by atoms with Gasteiger partial charge >= 0.3 is 0 Å². The summed E-state index contributed by atoms with van der Waals surface area (Å²) in [4.78, 5) is 8.12. The van der Waals surface area contributed by atoms with Crippen LogP contribution in [0.2, 0.25) is 6.32 Å². The molecule has 0 aliphatic carbocycles. The Balaban J connectivity index is 1.47. The van der Waals surface area contributed by atoms with Crippen LogP contribution in [0.5, 0.6) is 0 Å². The molecule has 0 radical (unpaired) electrons. The third-order valence-corrected chi connectivity index (χ3v) is 4.99. The van der Waals surface area contributed by atoms with Crippen molar-refractivity contribution in [2.75, 3.05) is 0 Å². The van der Waals surface area contributed by atoms with E-state index < -0.39 is 0 Å². The van der Waals surface area contributed by atoms with E-state index in [1.165, 1.54) is 22.4 Å². The van der Waals surface area contributed by atoms with Gasteiger partial charge in [0.1, 0.15) is 0 Å². The molecule has 0 saturated heterocycles. The highest BCUT2D eigenvalue weighted by Gasteiger charge is 2.15. The van der Waals surface area contributed by atoms with E-state index in [2.05, 4.69) is 101 Å². The molecule has 0 bridgehead atoms. The van der Waals surface area contributed by atoms with Crippen LogP contribution in [-0.4, -0.2) is 17.2 Å². The van der Waals surface area contributed by atoms with Gasteiger partial charge in [0.2, 0.25) is 7.28 Å². The molecule has 2 nitrogen and oxygen atoms in total. The van der Waals surface area contributed by atoms with Crippen LogP contribution in [0.3, 0.4) is 0 Å². The van der Waals surface area contributed by atoms with Crippen molar-refractivity contribution in [2.45, 2.75) is 18.7 Å². The quantitative estimate of drug-likeness (QED) is 0.494. The Bertz CT molecular complexity index is 910. The Morgan fingerprint density at radius 2 is 1.30 bits per heavy atom. The zero-order valence-electron chi connectivity index (χ0n) is 15.4. The molecule has 3 aromatic carbocycles. The van der Waals surface area contributed by atoms with Gasteiger partial charge in [0.15, 0.2) is 0 Å². The number of benzene rings is 3. The van der Waals surface area contributed by atoms with Gasteiger partial charge in [0.05, 0.1) is 5.72 Å². The van der Waals surface area contributed by atoms with Crippen molar-refractivity contribution >= 4 is 13.0 Å². The molecule has 0 aliphatic heterocycles. The predicted octanol–water partition coefficient (Wildman–Crippen LogP) is 4.31. The van der Waals surface area contributed by atoms with E-state index in [0.29, 0.717) is 5.92 Å². The molecule has 0 unspecified atom stereocenters. The van der Waals surface area contributed by atoms with Gasteiger partial charge < -0.3 is 4.98 Å². The van der Waals surface area contributed by atoms with E-state index in [1.807, 2.05) is 6.20 Å². The maximum absolute atomic E-state index is 4.62. The zero-order valence-corrected chi connectivity index (χ0v) is 15.4. The molecule has 4 aromatic rings. The zero-order chi connectivity index (χ0) is 18.3. The van der Waals surface area contributed by atoms with Gasteiger partial charge in [-0.05, 0) is 16.7 Å². The average Bonchev–Trinajstić information content (AvgIpc) is 3.18. The lowest BCUT2D eigenvalue weighted by atomic mass is 9.66. The molecule has 1 heterocycles. The topological polar surface area (TPSA) is 28.7 Å². The van der Waals surface area contributed by atoms with Crippen LogP contribution < -0.4 is 5.72 Å². The van der Waals surface area contributed by atoms with Crippen LogP contribution in [0.4, 0.5) is 0 Å². The second-order valence-electron chi connectivity index (χ2n) is 6.93. The maximum Gasteiger partial charge on any atom is 0.205 e. The van der Waals surface area contributed by atoms with E-state index in [9.17, 15) is 0 Å². The molecule has 4 rings (SSSR count). The summed E-state index contributed by atoms with van der Waals surface area (Å²) in [6, 6.07) is 32.1. The number of rotatable bonds is 7. The van der Waals surface area contributed by atoms with E-state index in [1.54, 1.807) is 0 Å². The van der Waals surface area contributed by atoms with Crippen LogP contribution in [-0.2, 0) is 6.42 Å². The van der Waals surface area contributed by atoms with Gasteiger partial charge in [-0.1, -0.05) is 97.3 Å². The van der Waals surface area contributed by atoms with Gasteiger partial charge in [-0.25, -0.2) is 0 Å². The summed E-state index contributed by atoms with van der Waals surface area (Å²) < 4.78 is 0. The fraction of sp³-hybridized carbons (Fsp3) is 0.125. The van der Waals surface area contributed by atoms with Crippen molar-refractivity contribution in [1.29, 1.82) is 0 Å². The Morgan fingerprint density at radius 3 is 1.89 bits per heavy atom. The van der Waals surface area contributed by atoms with E-state index in [4.69, 9.17) is 0 Å². The van der Waals surface area contributed by atoms with Crippen LogP contribution in [0, 0.1) is 0 Å². The molecule has 0 amide bonds. The summed E-state index contributed by atoms with van der Waals surface area (Å²) in [5.41, 5.74) is 6.27. The fourth-order valence-electron chi connectivity index (χ4n) is 3.62. The van der Waals surface area contributed by atoms with Crippen molar-refractivity contribution in [3.8, 4) is 0 Å². The smallest absolute Gasteiger partial charge is 0.205 e. The molecule has 1 aromatic heterocycles. The monoisotopic (exact) mass is 350 g/mol. The molecule has 132 valence electrons. The fourth-order valence-corrected chi connectivity index (χ4v) is 3.62. The molecule has 0 fully saturated rings. The van der Waals surface area contributed by atoms with E-state index in [0.717, 1.165) is 25.7 Å². The molecule has 0 atom stereocenters. The second kappa shape index (κ2) is 8.55. The van der Waals surface area contributed by atoms with Gasteiger partial charge in [-0.2, -0.15) is 0 Å². The van der Waals surface area contributed by atoms with Crippen LogP contribution >= 0.6 is 0 Å². The van der Waals surface area contributed by atoms with Crippen molar-refractivity contribution in [3.05, 3.63) is 120 Å². The van der Waals surface area contributed by atoms with Gasteiger partial charge in [-0.3, -0.25) is 4.98 Å². The third-order valence-electron chi connectivity index (χ3n) is 4.99. The summed E-state index contributed by atoms with van der Waals surface area (Å²) in [6.07, 6.45) is 3.91. The molecular formula is C24H23BN2. The van der Waals surface area contributed by atoms with Crippen LogP contribution in [0.15, 0.2) is 97.2 Å². The largest absolute Gasteiger partial charge is 0.354 e. The minimum absolute atomic E-state index is 0.384. The van der Waals surface area contributed by atoms with Crippen LogP contribution in [0.25, 0.3) is 0 Å². The molecular weight excluding hydrogens is 327 g/mol. The van der Waals surface area contributed by atoms with E-state index in [-0.39, 0.29) is 0 Å². The van der Waals surface area contributed by atoms with Crippen molar-refractivity contribution in [2.24, 2.45) is 0 Å². The van der Waals surface area contributed by atoms with E-state index >= 15 is 0 Å². The average molecular weight is 350 g/mol. The summed E-state index contributed by atoms with van der Waals surface area (Å²) in [5.74, 6) is 0.384. The van der Waals surface area contributed by atoms with Gasteiger partial charge in [0.25, 0.3) is 0 Å². The number of imidazole rings is 1. The summed E-state index contributed by atoms with van der Waals surface area (Å²) in [5, 5.41) is 0. The van der Waals surface area contributed by atoms with Crippen molar-refractivity contribution in [1.82, 2.24) is 9.97 Å². The maximum atomic E-state index is 4.62. The first-order chi connectivity index (χ1) is 13.4. The molecule has 0 spiro atoms. The number of hydrogen-bond donors (Lipinski definition) is 1. The first-order valence-corrected chi connectivity index (χ1v) is 9.55. The first kappa shape index (κ1) is 17.4. The molecule has 1 N–H and O–H groups in total. The standard InChI is InChI=1S/C24H23BN2/c1-4-10-19(11-5-1)16-22-18-26-24(27-22)25-17-23(20-12-6-2-7-13-20)21-14-8-3-9-15-21/h1-15,18,23,25H,16-17H2,(H,26,27). The Hall–Kier alpha value is -3.07. The Morgan fingerprint density at radius 1 is 0.741 bits per heavy atom. The lowest BCUT2D eigenvalue weighted by Gasteiger charge is -2.17. The molecule has 0 saturated carbocycles. The van der Waals surface area contributed by atoms with Gasteiger partial charge in [0, 0.05) is 24.2 Å². The SMILES string of the molecule is B(CC(c1ccccc1)c1ccccc1)c1ncc(Cc2ccccc2)[nH]1. The summed E-state index contributed by atoms with van der Waals surface area (Å²) >= 11 is 0. The Labute approximate surface area is 161 Å². The summed E-state index contributed by atoms with van der Waals surface area (Å²) in [6.45, 7) is 0. The highest BCUT2D eigenvalue weighted by molar-refractivity contribution is 6.51. The second-order valence-corrected chi connectivity index (χ2v) is 6.93. The van der Waals surface area contributed by atoms with Crippen molar-refractivity contribution < 1.29 is 0 Å². The third kappa shape index (κ3) is 4.56. The summed E-state index contributed by atoms with van der Waals surface area (Å²) in [7, 11) is 0.934. The first-order valence-electron chi connectivity index (χ1n) is 9.55. The lowest BCUT2D eigenvalue weighted by molar-refractivity contribution is 0.914.